The van der Waals surface area contributed by atoms with Gasteiger partial charge in [-0.25, -0.2) is 19.9 Å². The van der Waals surface area contributed by atoms with Gasteiger partial charge in [0.15, 0.2) is 0 Å². The van der Waals surface area contributed by atoms with Crippen LogP contribution in [0.3, 0.4) is 0 Å². The Balaban J connectivity index is 0.000000157. The van der Waals surface area contributed by atoms with Crippen molar-refractivity contribution in [3.63, 3.8) is 0 Å². The monoisotopic (exact) mass is 658 g/mol. The van der Waals surface area contributed by atoms with E-state index in [0.29, 0.717) is 22.6 Å². The highest BCUT2D eigenvalue weighted by Crippen LogP contribution is 2.21. The standard InChI is InChI=1S/2C21H19N3O/c2*1-15-5-4-7-20-23-19-13-16(8-10-17-6-2-3-12-22-17)9-11-18(19)21(25)24(20)14-15/h2*2-3,6,9,11-13,15H,4-5,7,14H2,1H3/t15-;/m0./s1. The minimum atomic E-state index is 0.0676. The molecule has 0 N–H and O–H groups in total. The summed E-state index contributed by atoms with van der Waals surface area (Å²) >= 11 is 0. The topological polar surface area (TPSA) is 95.6 Å². The maximum absolute atomic E-state index is 12.8. The van der Waals surface area contributed by atoms with E-state index in [1.54, 1.807) is 12.4 Å². The highest BCUT2D eigenvalue weighted by Gasteiger charge is 2.18. The Hall–Kier alpha value is -5.86. The van der Waals surface area contributed by atoms with E-state index in [2.05, 4.69) is 47.5 Å². The molecule has 2 aliphatic heterocycles. The molecule has 6 heterocycles. The van der Waals surface area contributed by atoms with E-state index >= 15 is 0 Å². The Kier molecular flexibility index (Phi) is 9.62. The first-order chi connectivity index (χ1) is 24.4. The van der Waals surface area contributed by atoms with E-state index in [9.17, 15) is 9.59 Å². The van der Waals surface area contributed by atoms with Crippen LogP contribution in [0, 0.1) is 35.5 Å². The van der Waals surface area contributed by atoms with Crippen molar-refractivity contribution in [2.75, 3.05) is 0 Å². The maximum atomic E-state index is 12.8. The number of hydrogen-bond donors (Lipinski definition) is 0. The van der Waals surface area contributed by atoms with Gasteiger partial charge in [-0.05, 0) is 110 Å². The molecule has 0 spiro atoms. The Morgan fingerprint density at radius 2 is 1.06 bits per heavy atom. The van der Waals surface area contributed by atoms with Crippen LogP contribution in [0.15, 0.2) is 94.8 Å². The molecule has 2 aliphatic rings. The molecule has 8 rings (SSSR count). The second-order valence-electron chi connectivity index (χ2n) is 13.3. The number of aromatic nitrogens is 6. The van der Waals surface area contributed by atoms with E-state index in [1.165, 1.54) is 0 Å². The highest BCUT2D eigenvalue weighted by atomic mass is 16.1. The zero-order valence-corrected chi connectivity index (χ0v) is 28.4. The molecule has 0 radical (unpaired) electrons. The Bertz CT molecular complexity index is 2260. The number of benzene rings is 2. The lowest BCUT2D eigenvalue weighted by molar-refractivity contribution is 0.457. The molecular formula is C42H38N6O2. The molecule has 1 unspecified atom stereocenters. The van der Waals surface area contributed by atoms with Gasteiger partial charge in [0, 0.05) is 49.5 Å². The third kappa shape index (κ3) is 7.41. The van der Waals surface area contributed by atoms with Crippen molar-refractivity contribution in [3.05, 3.63) is 140 Å². The molecule has 0 fully saturated rings. The zero-order valence-electron chi connectivity index (χ0n) is 28.4. The van der Waals surface area contributed by atoms with E-state index in [1.807, 2.05) is 81.9 Å². The van der Waals surface area contributed by atoms with Crippen molar-refractivity contribution in [3.8, 4) is 23.7 Å². The molecule has 8 nitrogen and oxygen atoms in total. The fraction of sp³-hybridized carbons (Fsp3) is 0.286. The second kappa shape index (κ2) is 14.7. The summed E-state index contributed by atoms with van der Waals surface area (Å²) in [7, 11) is 0. The fourth-order valence-electron chi connectivity index (χ4n) is 6.62. The molecular weight excluding hydrogens is 621 g/mol. The SMILES string of the molecule is CC1CCCc2nc3cc(C#Cc4ccccn4)ccc3c(=O)n2C1.C[C@H]1CCCc2nc3cc(C#Cc4ccccn4)ccc3c(=O)n2C1. The van der Waals surface area contributed by atoms with Crippen molar-refractivity contribution >= 4 is 21.8 Å². The van der Waals surface area contributed by atoms with Crippen molar-refractivity contribution in [2.24, 2.45) is 11.8 Å². The predicted octanol–water partition coefficient (Wildman–Crippen LogP) is 6.33. The molecule has 6 aromatic rings. The number of hydrogen-bond acceptors (Lipinski definition) is 6. The van der Waals surface area contributed by atoms with Crippen molar-refractivity contribution in [1.82, 2.24) is 29.1 Å². The Labute approximate surface area is 291 Å². The van der Waals surface area contributed by atoms with Gasteiger partial charge in [0.2, 0.25) is 0 Å². The zero-order chi connectivity index (χ0) is 34.5. The normalized spacial score (nSPS) is 16.6. The van der Waals surface area contributed by atoms with Gasteiger partial charge < -0.3 is 0 Å². The van der Waals surface area contributed by atoms with Crippen LogP contribution >= 0.6 is 0 Å². The van der Waals surface area contributed by atoms with E-state index in [-0.39, 0.29) is 11.1 Å². The smallest absolute Gasteiger partial charge is 0.261 e. The molecule has 2 aromatic carbocycles. The molecule has 4 aromatic heterocycles. The van der Waals surface area contributed by atoms with E-state index < -0.39 is 0 Å². The summed E-state index contributed by atoms with van der Waals surface area (Å²) in [6, 6.07) is 22.6. The molecule has 248 valence electrons. The summed E-state index contributed by atoms with van der Waals surface area (Å²) in [6.07, 6.45) is 9.61. The van der Waals surface area contributed by atoms with Gasteiger partial charge in [-0.2, -0.15) is 0 Å². The van der Waals surface area contributed by atoms with Crippen LogP contribution in [-0.2, 0) is 25.9 Å². The quantitative estimate of drug-likeness (QED) is 0.177. The number of pyridine rings is 2. The molecule has 0 amide bonds. The van der Waals surface area contributed by atoms with Gasteiger partial charge in [-0.15, -0.1) is 0 Å². The summed E-state index contributed by atoms with van der Waals surface area (Å²) in [6.45, 7) is 5.92. The fourth-order valence-corrected chi connectivity index (χ4v) is 6.62. The summed E-state index contributed by atoms with van der Waals surface area (Å²) in [5.41, 5.74) is 4.75. The van der Waals surface area contributed by atoms with Crippen molar-refractivity contribution in [1.29, 1.82) is 0 Å². The number of aryl methyl sites for hydroxylation is 2. The van der Waals surface area contributed by atoms with Crippen LogP contribution in [0.4, 0.5) is 0 Å². The van der Waals surface area contributed by atoms with Crippen LogP contribution in [0.2, 0.25) is 0 Å². The molecule has 0 aliphatic carbocycles. The Morgan fingerprint density at radius 1 is 0.600 bits per heavy atom. The third-order valence-electron chi connectivity index (χ3n) is 9.25. The van der Waals surface area contributed by atoms with Gasteiger partial charge in [0.25, 0.3) is 11.1 Å². The number of rotatable bonds is 0. The molecule has 0 bridgehead atoms. The maximum Gasteiger partial charge on any atom is 0.261 e. The third-order valence-corrected chi connectivity index (χ3v) is 9.25. The number of fused-ring (bicyclic) bond motifs is 4. The first-order valence-electron chi connectivity index (χ1n) is 17.3. The summed E-state index contributed by atoms with van der Waals surface area (Å²) in [4.78, 5) is 43.6. The summed E-state index contributed by atoms with van der Waals surface area (Å²) in [5, 5.41) is 1.34. The molecule has 0 saturated carbocycles. The van der Waals surface area contributed by atoms with Gasteiger partial charge in [0.05, 0.1) is 21.8 Å². The van der Waals surface area contributed by atoms with Crippen LogP contribution in [0.5, 0.6) is 0 Å². The number of nitrogens with zero attached hydrogens (tertiary/aromatic N) is 6. The van der Waals surface area contributed by atoms with Crippen LogP contribution in [-0.4, -0.2) is 29.1 Å². The second-order valence-corrected chi connectivity index (χ2v) is 13.3. The van der Waals surface area contributed by atoms with Crippen LogP contribution in [0.25, 0.3) is 21.8 Å². The largest absolute Gasteiger partial charge is 0.296 e. The van der Waals surface area contributed by atoms with Crippen molar-refractivity contribution < 1.29 is 0 Å². The summed E-state index contributed by atoms with van der Waals surface area (Å²) < 4.78 is 3.72. The van der Waals surface area contributed by atoms with E-state index in [0.717, 1.165) is 96.8 Å². The van der Waals surface area contributed by atoms with Crippen LogP contribution in [0.1, 0.15) is 73.7 Å². The molecule has 50 heavy (non-hydrogen) atoms. The minimum absolute atomic E-state index is 0.0676. The van der Waals surface area contributed by atoms with Gasteiger partial charge >= 0.3 is 0 Å². The first-order valence-corrected chi connectivity index (χ1v) is 17.3. The first kappa shape index (κ1) is 32.7. The van der Waals surface area contributed by atoms with E-state index in [4.69, 9.17) is 9.97 Å². The summed E-state index contributed by atoms with van der Waals surface area (Å²) in [5.74, 6) is 15.1. The van der Waals surface area contributed by atoms with Crippen molar-refractivity contribution in [2.45, 2.75) is 65.5 Å². The lowest BCUT2D eigenvalue weighted by Gasteiger charge is -2.12. The average molecular weight is 659 g/mol. The average Bonchev–Trinajstić information content (AvgIpc) is 3.45. The molecule has 0 saturated heterocycles. The lowest BCUT2D eigenvalue weighted by atomic mass is 10.1. The molecule has 8 heteroatoms. The predicted molar refractivity (Wildman–Crippen MR) is 197 cm³/mol. The van der Waals surface area contributed by atoms with Crippen LogP contribution < -0.4 is 11.1 Å². The minimum Gasteiger partial charge on any atom is -0.296 e. The molecule has 2 atom stereocenters. The highest BCUT2D eigenvalue weighted by molar-refractivity contribution is 5.80. The van der Waals surface area contributed by atoms with Gasteiger partial charge in [-0.3, -0.25) is 18.7 Å². The van der Waals surface area contributed by atoms with Gasteiger partial charge in [0.1, 0.15) is 23.0 Å². The van der Waals surface area contributed by atoms with Gasteiger partial charge in [-0.1, -0.05) is 37.8 Å². The lowest BCUT2D eigenvalue weighted by Crippen LogP contribution is -2.26. The Morgan fingerprint density at radius 3 is 1.48 bits per heavy atom.